The maximum absolute atomic E-state index is 12.5. The second-order valence-corrected chi connectivity index (χ2v) is 5.95. The molecule has 0 unspecified atom stereocenters. The summed E-state index contributed by atoms with van der Waals surface area (Å²) in [4.78, 5) is 28.6. The number of Topliss-reactive ketones (excluding diaryl/α,β-unsaturated/α-hetero) is 2. The molecule has 110 valence electrons. The first kappa shape index (κ1) is 15.0. The van der Waals surface area contributed by atoms with Crippen molar-refractivity contribution >= 4 is 11.6 Å². The monoisotopic (exact) mass is 277 g/mol. The number of rotatable bonds is 4. The van der Waals surface area contributed by atoms with E-state index in [0.717, 1.165) is 24.3 Å². The third kappa shape index (κ3) is 3.18. The van der Waals surface area contributed by atoms with Gasteiger partial charge < -0.3 is 9.88 Å². The zero-order chi connectivity index (χ0) is 14.7. The standard InChI is InChI=1S/C16H24N2O2/c1-11-15(13(3)19)12(2)17-16(11)14(20)10-18-8-6-4-5-7-9-18/h17H,4-10H2,1-3H3/p+1. The normalized spacial score (nSPS) is 16.9. The zero-order valence-electron chi connectivity index (χ0n) is 12.8. The zero-order valence-corrected chi connectivity index (χ0v) is 12.8. The lowest BCUT2D eigenvalue weighted by Gasteiger charge is -2.15. The minimum atomic E-state index is 0.0254. The van der Waals surface area contributed by atoms with Crippen molar-refractivity contribution in [3.63, 3.8) is 0 Å². The summed E-state index contributed by atoms with van der Waals surface area (Å²) in [6, 6.07) is 0. The topological polar surface area (TPSA) is 54.4 Å². The van der Waals surface area contributed by atoms with Crippen LogP contribution in [0.4, 0.5) is 0 Å². The first-order valence-corrected chi connectivity index (χ1v) is 7.57. The van der Waals surface area contributed by atoms with E-state index in [-0.39, 0.29) is 11.6 Å². The quantitative estimate of drug-likeness (QED) is 0.819. The summed E-state index contributed by atoms with van der Waals surface area (Å²) in [6.07, 6.45) is 4.99. The third-order valence-corrected chi connectivity index (χ3v) is 4.29. The van der Waals surface area contributed by atoms with Crippen molar-refractivity contribution in [2.24, 2.45) is 0 Å². The van der Waals surface area contributed by atoms with E-state index < -0.39 is 0 Å². The molecule has 4 nitrogen and oxygen atoms in total. The number of carbonyl (C=O) groups excluding carboxylic acids is 2. The number of hydrogen-bond donors (Lipinski definition) is 2. The van der Waals surface area contributed by atoms with Crippen LogP contribution in [0.25, 0.3) is 0 Å². The molecule has 0 aromatic carbocycles. The van der Waals surface area contributed by atoms with Crippen LogP contribution < -0.4 is 4.90 Å². The summed E-state index contributed by atoms with van der Waals surface area (Å²) in [7, 11) is 0. The van der Waals surface area contributed by atoms with Crippen LogP contribution in [0.5, 0.6) is 0 Å². The van der Waals surface area contributed by atoms with E-state index in [4.69, 9.17) is 0 Å². The average Bonchev–Trinajstić information content (AvgIpc) is 2.55. The molecule has 0 atom stereocenters. The van der Waals surface area contributed by atoms with E-state index in [2.05, 4.69) is 4.98 Å². The smallest absolute Gasteiger partial charge is 0.233 e. The molecule has 2 N–H and O–H groups in total. The van der Waals surface area contributed by atoms with Gasteiger partial charge in [-0.3, -0.25) is 9.59 Å². The van der Waals surface area contributed by atoms with Gasteiger partial charge in [-0.05, 0) is 52.0 Å². The van der Waals surface area contributed by atoms with Gasteiger partial charge in [-0.15, -0.1) is 0 Å². The molecule has 0 spiro atoms. The molecule has 20 heavy (non-hydrogen) atoms. The maximum Gasteiger partial charge on any atom is 0.233 e. The number of H-pyrrole nitrogens is 1. The Hall–Kier alpha value is -1.42. The highest BCUT2D eigenvalue weighted by molar-refractivity contribution is 6.03. The summed E-state index contributed by atoms with van der Waals surface area (Å²) in [6.45, 7) is 7.99. The molecule has 1 saturated heterocycles. The van der Waals surface area contributed by atoms with Gasteiger partial charge in [-0.1, -0.05) is 0 Å². The van der Waals surface area contributed by atoms with Crippen LogP contribution in [0.3, 0.4) is 0 Å². The van der Waals surface area contributed by atoms with Crippen LogP contribution in [0.15, 0.2) is 0 Å². The van der Waals surface area contributed by atoms with Crippen LogP contribution in [0, 0.1) is 13.8 Å². The Morgan fingerprint density at radius 1 is 1.10 bits per heavy atom. The molecule has 1 aromatic heterocycles. The highest BCUT2D eigenvalue weighted by atomic mass is 16.1. The number of nitrogens with one attached hydrogen (secondary N) is 2. The number of ketones is 2. The van der Waals surface area contributed by atoms with Crippen molar-refractivity contribution in [2.75, 3.05) is 19.6 Å². The lowest BCUT2D eigenvalue weighted by Crippen LogP contribution is -3.12. The Labute approximate surface area is 120 Å². The lowest BCUT2D eigenvalue weighted by atomic mass is 10.1. The summed E-state index contributed by atoms with van der Waals surface area (Å²) >= 11 is 0. The van der Waals surface area contributed by atoms with Crippen molar-refractivity contribution in [1.29, 1.82) is 0 Å². The Morgan fingerprint density at radius 3 is 2.20 bits per heavy atom. The van der Waals surface area contributed by atoms with E-state index in [1.54, 1.807) is 6.92 Å². The average molecular weight is 277 g/mol. The fraction of sp³-hybridized carbons (Fsp3) is 0.625. The molecule has 0 bridgehead atoms. The molecule has 1 aliphatic rings. The van der Waals surface area contributed by atoms with Gasteiger partial charge in [0.1, 0.15) is 6.54 Å². The number of aromatic amines is 1. The molecule has 4 heteroatoms. The van der Waals surface area contributed by atoms with Gasteiger partial charge in [-0.2, -0.15) is 0 Å². The van der Waals surface area contributed by atoms with Crippen molar-refractivity contribution in [3.8, 4) is 0 Å². The van der Waals surface area contributed by atoms with Crippen LogP contribution in [-0.4, -0.2) is 36.2 Å². The highest BCUT2D eigenvalue weighted by Gasteiger charge is 2.23. The summed E-state index contributed by atoms with van der Waals surface area (Å²) in [5, 5.41) is 0. The molecule has 0 amide bonds. The third-order valence-electron chi connectivity index (χ3n) is 4.29. The number of aromatic nitrogens is 1. The summed E-state index contributed by atoms with van der Waals surface area (Å²) in [5.74, 6) is 0.160. The van der Waals surface area contributed by atoms with Gasteiger partial charge in [0.05, 0.1) is 18.8 Å². The first-order valence-electron chi connectivity index (χ1n) is 7.57. The molecule has 0 saturated carbocycles. The van der Waals surface area contributed by atoms with E-state index in [1.807, 2.05) is 13.8 Å². The largest absolute Gasteiger partial charge is 0.355 e. The number of aryl methyl sites for hydroxylation is 1. The summed E-state index contributed by atoms with van der Waals surface area (Å²) in [5.41, 5.74) is 2.93. The van der Waals surface area contributed by atoms with Gasteiger partial charge in [0.2, 0.25) is 5.78 Å². The Kier molecular flexibility index (Phi) is 4.76. The molecule has 1 fully saturated rings. The minimum absolute atomic E-state index is 0.0254. The van der Waals surface area contributed by atoms with Crippen molar-refractivity contribution < 1.29 is 14.5 Å². The van der Waals surface area contributed by atoms with Crippen LogP contribution in [0.2, 0.25) is 0 Å². The molecule has 0 radical (unpaired) electrons. The van der Waals surface area contributed by atoms with E-state index in [9.17, 15) is 9.59 Å². The highest BCUT2D eigenvalue weighted by Crippen LogP contribution is 2.18. The van der Waals surface area contributed by atoms with Gasteiger partial charge >= 0.3 is 0 Å². The predicted molar refractivity (Wildman–Crippen MR) is 78.6 cm³/mol. The SMILES string of the molecule is CC(=O)c1c(C)[nH]c(C(=O)C[NH+]2CCCCCC2)c1C. The minimum Gasteiger partial charge on any atom is -0.355 e. The molecule has 0 aliphatic carbocycles. The van der Waals surface area contributed by atoms with Crippen molar-refractivity contribution in [2.45, 2.75) is 46.5 Å². The Balaban J connectivity index is 2.13. The second kappa shape index (κ2) is 6.35. The van der Waals surface area contributed by atoms with Gasteiger partial charge in [0, 0.05) is 11.3 Å². The first-order chi connectivity index (χ1) is 9.50. The number of quaternary nitrogens is 1. The Morgan fingerprint density at radius 2 is 1.70 bits per heavy atom. The maximum atomic E-state index is 12.5. The molecular formula is C16H25N2O2+. The van der Waals surface area contributed by atoms with Gasteiger partial charge in [-0.25, -0.2) is 0 Å². The van der Waals surface area contributed by atoms with Crippen LogP contribution in [-0.2, 0) is 0 Å². The van der Waals surface area contributed by atoms with Crippen molar-refractivity contribution in [1.82, 2.24) is 4.98 Å². The fourth-order valence-corrected chi connectivity index (χ4v) is 3.28. The van der Waals surface area contributed by atoms with Crippen molar-refractivity contribution in [3.05, 3.63) is 22.5 Å². The fourth-order valence-electron chi connectivity index (χ4n) is 3.28. The van der Waals surface area contributed by atoms with E-state index >= 15 is 0 Å². The van der Waals surface area contributed by atoms with E-state index in [1.165, 1.54) is 30.6 Å². The van der Waals surface area contributed by atoms with E-state index in [0.29, 0.717) is 17.8 Å². The number of carbonyl (C=O) groups is 2. The molecule has 1 aromatic rings. The van der Waals surface area contributed by atoms with Crippen LogP contribution >= 0.6 is 0 Å². The summed E-state index contributed by atoms with van der Waals surface area (Å²) < 4.78 is 0. The molecule has 1 aliphatic heterocycles. The number of hydrogen-bond acceptors (Lipinski definition) is 2. The molecular weight excluding hydrogens is 252 g/mol. The number of likely N-dealkylation sites (tertiary alicyclic amines) is 1. The molecule has 2 heterocycles. The second-order valence-electron chi connectivity index (χ2n) is 5.95. The Bertz CT molecular complexity index is 509. The molecule has 2 rings (SSSR count). The van der Waals surface area contributed by atoms with Gasteiger partial charge in [0.25, 0.3) is 0 Å². The predicted octanol–water partition coefficient (Wildman–Crippen LogP) is 1.48. The lowest BCUT2D eigenvalue weighted by molar-refractivity contribution is -0.890. The van der Waals surface area contributed by atoms with Crippen LogP contribution in [0.1, 0.15) is 64.7 Å². The van der Waals surface area contributed by atoms with Gasteiger partial charge in [0.15, 0.2) is 5.78 Å².